The standard InChI is InChI=1S/C13H10F2OS/c14-10-3-1-9(2-4-10)8-16-12-7-11(15)5-6-13(12)17/h1-7,17H,8H2. The van der Waals surface area contributed by atoms with E-state index in [1.807, 2.05) is 0 Å². The molecule has 0 saturated heterocycles. The normalized spacial score (nSPS) is 10.3. The molecule has 0 amide bonds. The predicted octanol–water partition coefficient (Wildman–Crippen LogP) is 3.83. The molecule has 0 aromatic heterocycles. The molecule has 4 heteroatoms. The molecule has 0 spiro atoms. The van der Waals surface area contributed by atoms with E-state index in [0.717, 1.165) is 5.56 Å². The molecular formula is C13H10F2OS. The van der Waals surface area contributed by atoms with Crippen molar-refractivity contribution in [3.8, 4) is 5.75 Å². The second kappa shape index (κ2) is 5.19. The fourth-order valence-corrected chi connectivity index (χ4v) is 1.55. The lowest BCUT2D eigenvalue weighted by molar-refractivity contribution is 0.297. The smallest absolute Gasteiger partial charge is 0.136 e. The average molecular weight is 252 g/mol. The minimum Gasteiger partial charge on any atom is -0.488 e. The Morgan fingerprint density at radius 2 is 1.59 bits per heavy atom. The Kier molecular flexibility index (Phi) is 3.64. The summed E-state index contributed by atoms with van der Waals surface area (Å²) < 4.78 is 31.0. The van der Waals surface area contributed by atoms with Crippen LogP contribution in [0.1, 0.15) is 5.56 Å². The van der Waals surface area contributed by atoms with Gasteiger partial charge in [-0.25, -0.2) is 8.78 Å². The molecule has 0 radical (unpaired) electrons. The van der Waals surface area contributed by atoms with Crippen LogP contribution in [-0.4, -0.2) is 0 Å². The third-order valence-corrected chi connectivity index (χ3v) is 2.60. The van der Waals surface area contributed by atoms with Gasteiger partial charge in [-0.15, -0.1) is 12.6 Å². The van der Waals surface area contributed by atoms with Crippen LogP contribution in [-0.2, 0) is 6.61 Å². The van der Waals surface area contributed by atoms with Gasteiger partial charge in [-0.2, -0.15) is 0 Å². The van der Waals surface area contributed by atoms with E-state index in [2.05, 4.69) is 12.6 Å². The maximum atomic E-state index is 13.0. The summed E-state index contributed by atoms with van der Waals surface area (Å²) in [6, 6.07) is 10.1. The highest BCUT2D eigenvalue weighted by atomic mass is 32.1. The molecule has 1 nitrogen and oxygen atoms in total. The largest absolute Gasteiger partial charge is 0.488 e. The zero-order valence-corrected chi connectivity index (χ0v) is 9.75. The Morgan fingerprint density at radius 1 is 0.941 bits per heavy atom. The second-order valence-corrected chi connectivity index (χ2v) is 4.01. The van der Waals surface area contributed by atoms with E-state index in [1.54, 1.807) is 12.1 Å². The van der Waals surface area contributed by atoms with Crippen LogP contribution in [0.15, 0.2) is 47.4 Å². The van der Waals surface area contributed by atoms with Gasteiger partial charge in [0.05, 0.1) is 0 Å². The van der Waals surface area contributed by atoms with Gasteiger partial charge in [-0.05, 0) is 29.8 Å². The monoisotopic (exact) mass is 252 g/mol. The van der Waals surface area contributed by atoms with Crippen LogP contribution in [0.25, 0.3) is 0 Å². The van der Waals surface area contributed by atoms with Crippen molar-refractivity contribution >= 4 is 12.6 Å². The van der Waals surface area contributed by atoms with E-state index in [4.69, 9.17) is 4.74 Å². The van der Waals surface area contributed by atoms with Crippen LogP contribution in [0.2, 0.25) is 0 Å². The van der Waals surface area contributed by atoms with Crippen molar-refractivity contribution in [2.24, 2.45) is 0 Å². The number of hydrogen-bond acceptors (Lipinski definition) is 2. The molecule has 0 saturated carbocycles. The molecule has 0 fully saturated rings. The molecule has 2 aromatic carbocycles. The SMILES string of the molecule is Fc1ccc(COc2cc(F)ccc2S)cc1. The molecule has 0 bridgehead atoms. The number of hydrogen-bond donors (Lipinski definition) is 1. The molecule has 0 N–H and O–H groups in total. The maximum absolute atomic E-state index is 13.0. The van der Waals surface area contributed by atoms with Crippen molar-refractivity contribution in [3.05, 3.63) is 59.7 Å². The van der Waals surface area contributed by atoms with Crippen LogP contribution in [0.3, 0.4) is 0 Å². The van der Waals surface area contributed by atoms with E-state index in [-0.39, 0.29) is 18.2 Å². The van der Waals surface area contributed by atoms with Gasteiger partial charge in [0.2, 0.25) is 0 Å². The maximum Gasteiger partial charge on any atom is 0.136 e. The molecule has 0 aliphatic heterocycles. The Morgan fingerprint density at radius 3 is 2.29 bits per heavy atom. The Balaban J connectivity index is 2.07. The van der Waals surface area contributed by atoms with Gasteiger partial charge in [0.25, 0.3) is 0 Å². The molecule has 0 heterocycles. The summed E-state index contributed by atoms with van der Waals surface area (Å²) in [4.78, 5) is 0.563. The summed E-state index contributed by atoms with van der Waals surface area (Å²) in [6.45, 7) is 0.247. The first-order valence-electron chi connectivity index (χ1n) is 5.01. The van der Waals surface area contributed by atoms with E-state index in [9.17, 15) is 8.78 Å². The van der Waals surface area contributed by atoms with E-state index < -0.39 is 0 Å². The molecule has 17 heavy (non-hydrogen) atoms. The lowest BCUT2D eigenvalue weighted by Crippen LogP contribution is -1.96. The van der Waals surface area contributed by atoms with Gasteiger partial charge in [-0.3, -0.25) is 0 Å². The van der Waals surface area contributed by atoms with Crippen LogP contribution >= 0.6 is 12.6 Å². The van der Waals surface area contributed by atoms with Gasteiger partial charge in [0, 0.05) is 11.0 Å². The summed E-state index contributed by atoms with van der Waals surface area (Å²) in [7, 11) is 0. The predicted molar refractivity (Wildman–Crippen MR) is 64.4 cm³/mol. The Hall–Kier alpha value is -1.55. The quantitative estimate of drug-likeness (QED) is 0.817. The van der Waals surface area contributed by atoms with Crippen molar-refractivity contribution in [2.75, 3.05) is 0 Å². The topological polar surface area (TPSA) is 9.23 Å². The summed E-state index contributed by atoms with van der Waals surface area (Å²) in [6.07, 6.45) is 0. The number of thiol groups is 1. The average Bonchev–Trinajstić information content (AvgIpc) is 2.32. The highest BCUT2D eigenvalue weighted by molar-refractivity contribution is 7.80. The van der Waals surface area contributed by atoms with Crippen molar-refractivity contribution in [1.82, 2.24) is 0 Å². The van der Waals surface area contributed by atoms with Crippen LogP contribution in [0.5, 0.6) is 5.75 Å². The Bertz CT molecular complexity index is 511. The first-order valence-corrected chi connectivity index (χ1v) is 5.45. The first kappa shape index (κ1) is 11.9. The fraction of sp³-hybridized carbons (Fsp3) is 0.0769. The molecule has 0 unspecified atom stereocenters. The molecular weight excluding hydrogens is 242 g/mol. The molecule has 88 valence electrons. The van der Waals surface area contributed by atoms with Crippen molar-refractivity contribution in [3.63, 3.8) is 0 Å². The number of ether oxygens (including phenoxy) is 1. The minimum absolute atomic E-state index is 0.247. The van der Waals surface area contributed by atoms with E-state index >= 15 is 0 Å². The van der Waals surface area contributed by atoms with Crippen LogP contribution in [0.4, 0.5) is 8.78 Å². The van der Waals surface area contributed by atoms with Gasteiger partial charge in [0.15, 0.2) is 0 Å². The highest BCUT2D eigenvalue weighted by Gasteiger charge is 2.03. The second-order valence-electron chi connectivity index (χ2n) is 3.53. The van der Waals surface area contributed by atoms with Gasteiger partial charge in [0.1, 0.15) is 24.0 Å². The van der Waals surface area contributed by atoms with Crippen LogP contribution < -0.4 is 4.74 Å². The molecule has 0 atom stereocenters. The number of benzene rings is 2. The summed E-state index contributed by atoms with van der Waals surface area (Å²) >= 11 is 4.16. The third kappa shape index (κ3) is 3.20. The van der Waals surface area contributed by atoms with E-state index in [1.165, 1.54) is 30.3 Å². The zero-order valence-electron chi connectivity index (χ0n) is 8.86. The third-order valence-electron chi connectivity index (χ3n) is 2.23. The zero-order chi connectivity index (χ0) is 12.3. The van der Waals surface area contributed by atoms with Crippen molar-refractivity contribution in [1.29, 1.82) is 0 Å². The van der Waals surface area contributed by atoms with Crippen LogP contribution in [0, 0.1) is 11.6 Å². The molecule has 0 aliphatic carbocycles. The Labute approximate surface area is 103 Å². The lowest BCUT2D eigenvalue weighted by atomic mass is 10.2. The summed E-state index contributed by atoms with van der Waals surface area (Å²) in [5, 5.41) is 0. The number of halogens is 2. The molecule has 2 rings (SSSR count). The highest BCUT2D eigenvalue weighted by Crippen LogP contribution is 2.24. The van der Waals surface area contributed by atoms with Gasteiger partial charge < -0.3 is 4.74 Å². The summed E-state index contributed by atoms with van der Waals surface area (Å²) in [5.41, 5.74) is 0.809. The fourth-order valence-electron chi connectivity index (χ4n) is 1.35. The minimum atomic E-state index is -0.378. The molecule has 0 aliphatic rings. The first-order chi connectivity index (χ1) is 8.15. The van der Waals surface area contributed by atoms with Gasteiger partial charge in [-0.1, -0.05) is 12.1 Å². The molecule has 2 aromatic rings. The summed E-state index contributed by atoms with van der Waals surface area (Å²) in [5.74, 6) is -0.302. The lowest BCUT2D eigenvalue weighted by Gasteiger charge is -2.08. The van der Waals surface area contributed by atoms with Gasteiger partial charge >= 0.3 is 0 Å². The van der Waals surface area contributed by atoms with Crippen molar-refractivity contribution in [2.45, 2.75) is 11.5 Å². The van der Waals surface area contributed by atoms with E-state index in [0.29, 0.717) is 10.6 Å². The van der Waals surface area contributed by atoms with Crippen molar-refractivity contribution < 1.29 is 13.5 Å². The number of rotatable bonds is 3.